The fraction of sp³-hybridized carbons (Fsp3) is 0.200. The number of rotatable bonds is 3. The van der Waals surface area contributed by atoms with Crippen molar-refractivity contribution in [3.05, 3.63) is 64.7 Å². The molecule has 0 saturated carbocycles. The molecule has 0 bridgehead atoms. The number of amides is 1. The highest BCUT2D eigenvalue weighted by molar-refractivity contribution is 7.22. The normalized spacial score (nSPS) is 12.0. The molecule has 0 spiro atoms. The van der Waals surface area contributed by atoms with Crippen LogP contribution in [-0.2, 0) is 10.2 Å². The van der Waals surface area contributed by atoms with Gasteiger partial charge in [0.1, 0.15) is 0 Å². The van der Waals surface area contributed by atoms with Gasteiger partial charge in [0, 0.05) is 11.1 Å². The molecule has 0 radical (unpaired) electrons. The third-order valence-corrected chi connectivity index (χ3v) is 4.97. The van der Waals surface area contributed by atoms with E-state index in [2.05, 4.69) is 43.2 Å². The summed E-state index contributed by atoms with van der Waals surface area (Å²) in [5, 5.41) is 4.10. The third kappa shape index (κ3) is 4.47. The van der Waals surface area contributed by atoms with E-state index in [-0.39, 0.29) is 11.3 Å². The van der Waals surface area contributed by atoms with Crippen LogP contribution >= 0.6 is 22.9 Å². The fourth-order valence-corrected chi connectivity index (χ4v) is 3.37. The highest BCUT2D eigenvalue weighted by Crippen LogP contribution is 2.31. The van der Waals surface area contributed by atoms with E-state index in [1.807, 2.05) is 18.2 Å². The second-order valence-electron chi connectivity index (χ2n) is 6.83. The van der Waals surface area contributed by atoms with Crippen molar-refractivity contribution in [1.82, 2.24) is 4.98 Å². The molecule has 3 rings (SSSR count). The average Bonchev–Trinajstić information content (AvgIpc) is 2.94. The molecule has 0 aliphatic carbocycles. The fourth-order valence-electron chi connectivity index (χ4n) is 2.34. The molecule has 1 N–H and O–H groups in total. The number of benzene rings is 2. The predicted molar refractivity (Wildman–Crippen MR) is 107 cm³/mol. The van der Waals surface area contributed by atoms with Crippen LogP contribution in [0, 0.1) is 0 Å². The molecule has 0 aliphatic rings. The van der Waals surface area contributed by atoms with Gasteiger partial charge >= 0.3 is 0 Å². The summed E-state index contributed by atoms with van der Waals surface area (Å²) in [4.78, 5) is 16.6. The lowest BCUT2D eigenvalue weighted by Gasteiger charge is -2.18. The van der Waals surface area contributed by atoms with Crippen molar-refractivity contribution in [2.24, 2.45) is 0 Å². The molecular formula is C20H19ClN2OS. The molecule has 0 atom stereocenters. The lowest BCUT2D eigenvalue weighted by Crippen LogP contribution is -2.10. The van der Waals surface area contributed by atoms with E-state index in [4.69, 9.17) is 11.6 Å². The minimum absolute atomic E-state index is 0.0862. The highest BCUT2D eigenvalue weighted by Gasteiger charge is 2.15. The predicted octanol–water partition coefficient (Wildman–Crippen LogP) is 5.90. The molecule has 3 aromatic rings. The van der Waals surface area contributed by atoms with Gasteiger partial charge in [-0.3, -0.25) is 10.1 Å². The lowest BCUT2D eigenvalue weighted by molar-refractivity contribution is -0.111. The van der Waals surface area contributed by atoms with E-state index in [1.54, 1.807) is 18.2 Å². The summed E-state index contributed by atoms with van der Waals surface area (Å²) in [6.45, 7) is 6.54. The van der Waals surface area contributed by atoms with Crippen LogP contribution in [0.25, 0.3) is 16.3 Å². The molecule has 0 saturated heterocycles. The Bertz CT molecular complexity index is 936. The Hall–Kier alpha value is -2.17. The number of nitrogens with zero attached hydrogens (tertiary/aromatic N) is 1. The summed E-state index contributed by atoms with van der Waals surface area (Å²) >= 11 is 7.33. The zero-order valence-electron chi connectivity index (χ0n) is 14.3. The quantitative estimate of drug-likeness (QED) is 0.583. The Morgan fingerprint density at radius 1 is 1.16 bits per heavy atom. The van der Waals surface area contributed by atoms with Crippen LogP contribution in [0.15, 0.2) is 48.5 Å². The van der Waals surface area contributed by atoms with Crippen LogP contribution in [0.3, 0.4) is 0 Å². The number of hydrogen-bond donors (Lipinski definition) is 1. The van der Waals surface area contributed by atoms with Crippen molar-refractivity contribution < 1.29 is 4.79 Å². The monoisotopic (exact) mass is 370 g/mol. The van der Waals surface area contributed by atoms with Gasteiger partial charge in [-0.2, -0.15) is 0 Å². The number of aromatic nitrogens is 1. The Labute approximate surface area is 156 Å². The van der Waals surface area contributed by atoms with Crippen LogP contribution < -0.4 is 5.32 Å². The molecule has 3 nitrogen and oxygen atoms in total. The Morgan fingerprint density at radius 3 is 2.56 bits per heavy atom. The maximum Gasteiger partial charge on any atom is 0.250 e. The third-order valence-electron chi connectivity index (χ3n) is 3.78. The minimum Gasteiger partial charge on any atom is -0.298 e. The number of carbonyl (C=O) groups excluding carboxylic acids is 1. The topological polar surface area (TPSA) is 42.0 Å². The maximum absolute atomic E-state index is 12.1. The van der Waals surface area contributed by atoms with Gasteiger partial charge in [-0.15, -0.1) is 0 Å². The Balaban J connectivity index is 1.73. The van der Waals surface area contributed by atoms with Crippen molar-refractivity contribution >= 4 is 50.3 Å². The molecule has 0 fully saturated rings. The Morgan fingerprint density at radius 2 is 1.88 bits per heavy atom. The first-order valence-corrected chi connectivity index (χ1v) is 9.16. The van der Waals surface area contributed by atoms with Crippen molar-refractivity contribution in [2.75, 3.05) is 5.32 Å². The first-order chi connectivity index (χ1) is 11.8. The molecule has 5 heteroatoms. The van der Waals surface area contributed by atoms with Gasteiger partial charge in [0.05, 0.1) is 10.2 Å². The second-order valence-corrected chi connectivity index (χ2v) is 8.29. The number of fused-ring (bicyclic) bond motifs is 1. The molecule has 2 aromatic carbocycles. The SMILES string of the molecule is CC(C)(C)c1ccc2nc(NC(=O)/C=C/c3ccc(Cl)cc3)sc2c1. The van der Waals surface area contributed by atoms with Crippen molar-refractivity contribution in [3.63, 3.8) is 0 Å². The molecule has 1 aromatic heterocycles. The molecule has 1 amide bonds. The summed E-state index contributed by atoms with van der Waals surface area (Å²) in [6.07, 6.45) is 3.24. The summed E-state index contributed by atoms with van der Waals surface area (Å²) in [6, 6.07) is 13.5. The van der Waals surface area contributed by atoms with Crippen LogP contribution in [0.2, 0.25) is 5.02 Å². The van der Waals surface area contributed by atoms with Crippen LogP contribution in [0.5, 0.6) is 0 Å². The number of anilines is 1. The van der Waals surface area contributed by atoms with Gasteiger partial charge in [-0.1, -0.05) is 61.9 Å². The summed E-state index contributed by atoms with van der Waals surface area (Å²) in [5.74, 6) is -0.204. The van der Waals surface area contributed by atoms with E-state index in [0.29, 0.717) is 10.2 Å². The highest BCUT2D eigenvalue weighted by atomic mass is 35.5. The van der Waals surface area contributed by atoms with Gasteiger partial charge in [0.2, 0.25) is 5.91 Å². The van der Waals surface area contributed by atoms with Crippen molar-refractivity contribution in [1.29, 1.82) is 0 Å². The van der Waals surface area contributed by atoms with Gasteiger partial charge in [0.15, 0.2) is 5.13 Å². The van der Waals surface area contributed by atoms with Gasteiger partial charge < -0.3 is 0 Å². The van der Waals surface area contributed by atoms with Gasteiger partial charge in [0.25, 0.3) is 0 Å². The standard InChI is InChI=1S/C20H19ClN2OS/c1-20(2,3)14-7-10-16-17(12-14)25-19(22-16)23-18(24)11-6-13-4-8-15(21)9-5-13/h4-12H,1-3H3,(H,22,23,24)/b11-6+. The minimum atomic E-state index is -0.204. The Kier molecular flexibility index (Phi) is 4.93. The van der Waals surface area contributed by atoms with E-state index in [9.17, 15) is 4.79 Å². The number of nitrogens with one attached hydrogen (secondary N) is 1. The summed E-state index contributed by atoms with van der Waals surface area (Å²) < 4.78 is 1.07. The van der Waals surface area contributed by atoms with Gasteiger partial charge in [-0.05, 0) is 46.9 Å². The number of thiazole rings is 1. The largest absolute Gasteiger partial charge is 0.298 e. The van der Waals surface area contributed by atoms with Crippen molar-refractivity contribution in [2.45, 2.75) is 26.2 Å². The van der Waals surface area contributed by atoms with Crippen molar-refractivity contribution in [3.8, 4) is 0 Å². The number of hydrogen-bond acceptors (Lipinski definition) is 3. The van der Waals surface area contributed by atoms with E-state index in [0.717, 1.165) is 15.8 Å². The lowest BCUT2D eigenvalue weighted by atomic mass is 9.87. The molecule has 1 heterocycles. The summed E-state index contributed by atoms with van der Waals surface area (Å²) in [5.41, 5.74) is 3.15. The molecule has 25 heavy (non-hydrogen) atoms. The first-order valence-electron chi connectivity index (χ1n) is 7.97. The van der Waals surface area contributed by atoms with E-state index >= 15 is 0 Å². The van der Waals surface area contributed by atoms with Crippen LogP contribution in [0.4, 0.5) is 5.13 Å². The molecule has 0 aliphatic heterocycles. The zero-order chi connectivity index (χ0) is 18.0. The van der Waals surface area contributed by atoms with Crippen LogP contribution in [0.1, 0.15) is 31.9 Å². The maximum atomic E-state index is 12.1. The molecular weight excluding hydrogens is 352 g/mol. The van der Waals surface area contributed by atoms with Crippen LogP contribution in [-0.4, -0.2) is 10.9 Å². The average molecular weight is 371 g/mol. The first kappa shape index (κ1) is 17.6. The van der Waals surface area contributed by atoms with E-state index in [1.165, 1.54) is 23.0 Å². The molecule has 128 valence electrons. The smallest absolute Gasteiger partial charge is 0.250 e. The van der Waals surface area contributed by atoms with E-state index < -0.39 is 0 Å². The summed E-state index contributed by atoms with van der Waals surface area (Å²) in [7, 11) is 0. The van der Waals surface area contributed by atoms with Gasteiger partial charge in [-0.25, -0.2) is 4.98 Å². The zero-order valence-corrected chi connectivity index (χ0v) is 15.9. The second kappa shape index (κ2) is 6.98. The number of halogens is 1. The molecule has 0 unspecified atom stereocenters. The number of carbonyl (C=O) groups is 1.